The number of hydrogen-bond acceptors (Lipinski definition) is 9. The number of fused-ring (bicyclic) bond motifs is 2. The molecule has 0 spiro atoms. The van der Waals surface area contributed by atoms with E-state index >= 15 is 0 Å². The van der Waals surface area contributed by atoms with E-state index in [2.05, 4.69) is 24.9 Å². The Hall–Kier alpha value is -3.41. The summed E-state index contributed by atoms with van der Waals surface area (Å²) in [4.78, 5) is 35.0. The first-order chi connectivity index (χ1) is 27.9. The van der Waals surface area contributed by atoms with Gasteiger partial charge in [0.25, 0.3) is 0 Å². The lowest BCUT2D eigenvalue weighted by Crippen LogP contribution is -2.69. The van der Waals surface area contributed by atoms with Crippen molar-refractivity contribution in [2.45, 2.75) is 167 Å². The van der Waals surface area contributed by atoms with Crippen molar-refractivity contribution in [3.05, 3.63) is 48.1 Å². The first-order valence-corrected chi connectivity index (χ1v) is 22.4. The molecular formula is C47H75N3O8. The lowest BCUT2D eigenvalue weighted by Gasteiger charge is -2.59. The Morgan fingerprint density at radius 3 is 2.29 bits per heavy atom. The Kier molecular flexibility index (Phi) is 19.1. The van der Waals surface area contributed by atoms with Gasteiger partial charge in [0.2, 0.25) is 11.7 Å². The zero-order valence-electron chi connectivity index (χ0n) is 36.6. The van der Waals surface area contributed by atoms with E-state index < -0.39 is 29.4 Å². The first-order valence-electron chi connectivity index (χ1n) is 22.4. The molecule has 1 aliphatic heterocycles. The highest BCUT2D eigenvalue weighted by molar-refractivity contribution is 6.03. The second-order valence-corrected chi connectivity index (χ2v) is 17.5. The summed E-state index contributed by atoms with van der Waals surface area (Å²) in [6.45, 7) is 14.9. The third-order valence-electron chi connectivity index (χ3n) is 12.0. The standard InChI is InChI=1S/C47H75N3O8/c1-8-11-12-13-14-15-16-17-18-25-42(53)50(7)41-33-39(49-58-46(4,5)6)37-31-34(23-19-21-28-51)36(24-20-22-29-52)43-38-32-35(56-45(54)48-10-3)26-27-40(38)57-47(41,44(37)43)55-30-9-2/h9,26-27,31-32,34,36,41,43-44,51-52H,2,8,10-25,28-30,33H2,1,3-7H3,(H,48,54)/t34-,36+,41-,43+,44+,47+/m0/s1. The van der Waals surface area contributed by atoms with Gasteiger partial charge >= 0.3 is 6.09 Å². The summed E-state index contributed by atoms with van der Waals surface area (Å²) in [7, 11) is 1.87. The summed E-state index contributed by atoms with van der Waals surface area (Å²) in [5.74, 6) is -0.710. The molecule has 1 heterocycles. The zero-order chi connectivity index (χ0) is 42.1. The molecular weight excluding hydrogens is 735 g/mol. The number of carbonyl (C=O) groups is 2. The number of oxime groups is 1. The van der Waals surface area contributed by atoms with Crippen molar-refractivity contribution in [1.82, 2.24) is 10.2 Å². The second kappa shape index (κ2) is 23.4. The van der Waals surface area contributed by atoms with Crippen LogP contribution >= 0.6 is 0 Å². The van der Waals surface area contributed by atoms with E-state index in [0.29, 0.717) is 43.7 Å². The molecule has 3 aliphatic rings. The molecule has 0 radical (unpaired) electrons. The Morgan fingerprint density at radius 1 is 0.983 bits per heavy atom. The largest absolute Gasteiger partial charge is 0.459 e. The third-order valence-corrected chi connectivity index (χ3v) is 12.0. The van der Waals surface area contributed by atoms with Crippen LogP contribution in [0.2, 0.25) is 0 Å². The predicted molar refractivity (Wildman–Crippen MR) is 230 cm³/mol. The number of hydrogen-bond donors (Lipinski definition) is 3. The molecule has 1 saturated carbocycles. The topological polar surface area (TPSA) is 139 Å². The van der Waals surface area contributed by atoms with Gasteiger partial charge in [-0.3, -0.25) is 4.79 Å². The summed E-state index contributed by atoms with van der Waals surface area (Å²) in [6.07, 6.45) is 19.5. The lowest BCUT2D eigenvalue weighted by molar-refractivity contribution is -0.255. The number of aliphatic hydroxyl groups excluding tert-OH is 2. The van der Waals surface area contributed by atoms with E-state index in [0.717, 1.165) is 61.8 Å². The average Bonchev–Trinajstić information content (AvgIpc) is 3.19. The van der Waals surface area contributed by atoms with Gasteiger partial charge in [0, 0.05) is 51.1 Å². The van der Waals surface area contributed by atoms with E-state index in [1.54, 1.807) is 12.1 Å². The van der Waals surface area contributed by atoms with Gasteiger partial charge in [-0.1, -0.05) is 88.4 Å². The van der Waals surface area contributed by atoms with Crippen molar-refractivity contribution in [1.29, 1.82) is 0 Å². The van der Waals surface area contributed by atoms with Crippen LogP contribution in [0, 0.1) is 17.8 Å². The average molecular weight is 810 g/mol. The van der Waals surface area contributed by atoms with Gasteiger partial charge in [0.15, 0.2) is 0 Å². The predicted octanol–water partition coefficient (Wildman–Crippen LogP) is 9.61. The smallest absolute Gasteiger partial charge is 0.412 e. The number of rotatable bonds is 25. The molecule has 1 aromatic carbocycles. The molecule has 11 nitrogen and oxygen atoms in total. The number of nitrogens with zero attached hydrogens (tertiary/aromatic N) is 2. The number of likely N-dealkylation sites (N-methyl/N-ethyl adjacent to an activating group) is 1. The van der Waals surface area contributed by atoms with Crippen LogP contribution in [0.4, 0.5) is 4.79 Å². The number of benzene rings is 1. The molecule has 6 atom stereocenters. The van der Waals surface area contributed by atoms with Crippen LogP contribution in [0.3, 0.4) is 0 Å². The Labute approximate surface area is 349 Å². The fraction of sp³-hybridized carbons (Fsp3) is 0.723. The highest BCUT2D eigenvalue weighted by Crippen LogP contribution is 2.62. The number of aliphatic hydroxyl groups is 2. The molecule has 1 fully saturated rings. The first kappa shape index (κ1) is 47.3. The minimum absolute atomic E-state index is 0.0341. The van der Waals surface area contributed by atoms with Crippen molar-refractivity contribution < 1.29 is 38.9 Å². The molecule has 0 aromatic heterocycles. The number of ether oxygens (including phenoxy) is 3. The van der Waals surface area contributed by atoms with Crippen molar-refractivity contribution in [3.8, 4) is 11.5 Å². The van der Waals surface area contributed by atoms with Gasteiger partial charge in [-0.15, -0.1) is 6.58 Å². The van der Waals surface area contributed by atoms with Crippen LogP contribution in [-0.2, 0) is 14.4 Å². The molecule has 4 rings (SSSR count). The molecule has 2 amide bonds. The molecule has 0 saturated heterocycles. The van der Waals surface area contributed by atoms with Crippen LogP contribution in [-0.4, -0.2) is 83.7 Å². The van der Waals surface area contributed by atoms with Crippen molar-refractivity contribution in [2.75, 3.05) is 33.4 Å². The van der Waals surface area contributed by atoms with Crippen LogP contribution in [0.25, 0.3) is 0 Å². The minimum Gasteiger partial charge on any atom is -0.459 e. The summed E-state index contributed by atoms with van der Waals surface area (Å²) in [5, 5.41) is 27.3. The van der Waals surface area contributed by atoms with Crippen molar-refractivity contribution >= 4 is 17.7 Å². The summed E-state index contributed by atoms with van der Waals surface area (Å²) >= 11 is 0. The molecule has 0 bridgehead atoms. The maximum Gasteiger partial charge on any atom is 0.412 e. The number of allylic oxidation sites excluding steroid dienone is 1. The Balaban J connectivity index is 1.85. The fourth-order valence-electron chi connectivity index (χ4n) is 9.21. The van der Waals surface area contributed by atoms with E-state index in [9.17, 15) is 19.8 Å². The van der Waals surface area contributed by atoms with Crippen LogP contribution in [0.1, 0.15) is 155 Å². The zero-order valence-corrected chi connectivity index (χ0v) is 36.6. The van der Waals surface area contributed by atoms with Crippen LogP contribution < -0.4 is 14.8 Å². The number of amides is 2. The third kappa shape index (κ3) is 12.6. The van der Waals surface area contributed by atoms with Gasteiger partial charge in [-0.2, -0.15) is 0 Å². The maximum atomic E-state index is 14.3. The van der Waals surface area contributed by atoms with Gasteiger partial charge in [-0.25, -0.2) is 4.79 Å². The fourth-order valence-corrected chi connectivity index (χ4v) is 9.21. The summed E-state index contributed by atoms with van der Waals surface area (Å²) in [5.41, 5.74) is 2.08. The minimum atomic E-state index is -1.31. The van der Waals surface area contributed by atoms with Crippen molar-refractivity contribution in [3.63, 3.8) is 0 Å². The molecule has 3 N–H and O–H groups in total. The van der Waals surface area contributed by atoms with E-state index in [1.165, 1.54) is 38.5 Å². The van der Waals surface area contributed by atoms with Gasteiger partial charge < -0.3 is 39.5 Å². The number of unbranched alkanes of at least 4 members (excludes halogenated alkanes) is 10. The van der Waals surface area contributed by atoms with Crippen molar-refractivity contribution in [2.24, 2.45) is 22.9 Å². The molecule has 2 aliphatic carbocycles. The molecule has 58 heavy (non-hydrogen) atoms. The number of carbonyl (C=O) groups excluding carboxylic acids is 2. The lowest BCUT2D eigenvalue weighted by atomic mass is 9.55. The molecule has 326 valence electrons. The second-order valence-electron chi connectivity index (χ2n) is 17.5. The van der Waals surface area contributed by atoms with E-state index in [1.807, 2.05) is 51.8 Å². The highest BCUT2D eigenvalue weighted by atomic mass is 16.7. The van der Waals surface area contributed by atoms with Gasteiger partial charge in [0.05, 0.1) is 18.2 Å². The van der Waals surface area contributed by atoms with Crippen LogP contribution in [0.15, 0.2) is 47.7 Å². The SMILES string of the molecule is C=CCO[C@@]12Oc3ccc(OC(=O)NCC)cc3[C@H]3[C@H](CCCCO)[C@@H](CCCCO)C=C(C(=NOC(C)(C)C)C[C@@H]1N(C)C(=O)CCCCCCCCCCC)[C@H]32. The quantitative estimate of drug-likeness (QED) is 0.0505. The Morgan fingerprint density at radius 2 is 1.66 bits per heavy atom. The summed E-state index contributed by atoms with van der Waals surface area (Å²) < 4.78 is 20.0. The molecule has 11 heteroatoms. The highest BCUT2D eigenvalue weighted by Gasteiger charge is 2.65. The van der Waals surface area contributed by atoms with Gasteiger partial charge in [-0.05, 0) is 95.4 Å². The molecule has 0 unspecified atom stereocenters. The normalized spacial score (nSPS) is 24.2. The van der Waals surface area contributed by atoms with E-state index in [-0.39, 0.29) is 43.5 Å². The molecule has 1 aromatic rings. The van der Waals surface area contributed by atoms with Gasteiger partial charge in [0.1, 0.15) is 23.1 Å². The summed E-state index contributed by atoms with van der Waals surface area (Å²) in [6, 6.07) is 4.96. The number of nitrogens with one attached hydrogen (secondary N) is 1. The Bertz CT molecular complexity index is 1520. The monoisotopic (exact) mass is 810 g/mol. The van der Waals surface area contributed by atoms with E-state index in [4.69, 9.17) is 24.2 Å². The maximum absolute atomic E-state index is 14.3. The van der Waals surface area contributed by atoms with Crippen LogP contribution in [0.5, 0.6) is 11.5 Å².